The first-order valence-electron chi connectivity index (χ1n) is 10.3. The largest absolute Gasteiger partial charge is 0.416 e. The summed E-state index contributed by atoms with van der Waals surface area (Å²) in [7, 11) is -0.939. The van der Waals surface area contributed by atoms with Crippen LogP contribution < -0.4 is 10.6 Å². The molecule has 1 saturated heterocycles. The second-order valence-corrected chi connectivity index (χ2v) is 10.8. The molecule has 0 amide bonds. The number of benzene rings is 1. The van der Waals surface area contributed by atoms with Crippen LogP contribution in [-0.2, 0) is 23.5 Å². The van der Waals surface area contributed by atoms with Gasteiger partial charge in [0.1, 0.15) is 0 Å². The van der Waals surface area contributed by atoms with Crippen LogP contribution in [0.3, 0.4) is 0 Å². The van der Waals surface area contributed by atoms with Crippen molar-refractivity contribution < 1.29 is 17.4 Å². The number of likely N-dealkylation sites (tertiary alicyclic amines) is 1. The Bertz CT molecular complexity index is 729. The van der Waals surface area contributed by atoms with Gasteiger partial charge < -0.3 is 10.6 Å². The number of aliphatic imine (C=N–C) groups is 1. The van der Waals surface area contributed by atoms with Crippen molar-refractivity contribution in [2.45, 2.75) is 57.6 Å². The molecule has 5 nitrogen and oxygen atoms in total. The van der Waals surface area contributed by atoms with Crippen molar-refractivity contribution in [3.8, 4) is 0 Å². The fraction of sp³-hybridized carbons (Fsp3) is 0.667. The van der Waals surface area contributed by atoms with E-state index in [-0.39, 0.29) is 10.8 Å². The molecule has 1 aromatic rings. The standard InChI is InChI=1S/C21H33F3N4OS/c1-5-25-19(26-11-13-30(29)20(2,3)4)27-18-10-12-28(15-18)14-16-6-8-17(9-7-16)21(22,23)24/h6-9,18H,5,10-15H2,1-4H3,(H2,25,26,27). The van der Waals surface area contributed by atoms with Crippen LogP contribution in [0.4, 0.5) is 13.2 Å². The van der Waals surface area contributed by atoms with Crippen molar-refractivity contribution in [3.05, 3.63) is 35.4 Å². The molecule has 0 saturated carbocycles. The van der Waals surface area contributed by atoms with Gasteiger partial charge in [-0.1, -0.05) is 12.1 Å². The molecular formula is C21H33F3N4OS. The summed E-state index contributed by atoms with van der Waals surface area (Å²) in [5, 5.41) is 6.65. The van der Waals surface area contributed by atoms with E-state index >= 15 is 0 Å². The fourth-order valence-corrected chi connectivity index (χ4v) is 4.08. The summed E-state index contributed by atoms with van der Waals surface area (Å²) >= 11 is 0. The van der Waals surface area contributed by atoms with Crippen LogP contribution in [0.1, 0.15) is 45.2 Å². The smallest absolute Gasteiger partial charge is 0.357 e. The number of alkyl halides is 3. The molecule has 0 radical (unpaired) electrons. The average Bonchev–Trinajstić information content (AvgIpc) is 3.07. The van der Waals surface area contributed by atoms with Crippen LogP contribution in [0.2, 0.25) is 0 Å². The van der Waals surface area contributed by atoms with E-state index in [1.54, 1.807) is 12.1 Å². The number of guanidine groups is 1. The number of rotatable bonds is 7. The molecule has 1 aliphatic heterocycles. The number of nitrogens with zero attached hydrogens (tertiary/aromatic N) is 2. The van der Waals surface area contributed by atoms with Gasteiger partial charge in [-0.3, -0.25) is 14.1 Å². The first-order chi connectivity index (χ1) is 14.0. The summed E-state index contributed by atoms with van der Waals surface area (Å²) in [5.41, 5.74) is 0.250. The van der Waals surface area contributed by atoms with Gasteiger partial charge in [0.25, 0.3) is 0 Å². The molecule has 1 aromatic carbocycles. The topological polar surface area (TPSA) is 56.7 Å². The highest BCUT2D eigenvalue weighted by Crippen LogP contribution is 2.29. The van der Waals surface area contributed by atoms with Gasteiger partial charge in [-0.2, -0.15) is 13.2 Å². The molecule has 1 fully saturated rings. The fourth-order valence-electron chi connectivity index (χ4n) is 3.21. The third-order valence-corrected chi connectivity index (χ3v) is 6.79. The van der Waals surface area contributed by atoms with E-state index in [1.165, 1.54) is 0 Å². The Morgan fingerprint density at radius 2 is 1.90 bits per heavy atom. The lowest BCUT2D eigenvalue weighted by Crippen LogP contribution is -2.44. The van der Waals surface area contributed by atoms with Crippen molar-refractivity contribution >= 4 is 16.8 Å². The summed E-state index contributed by atoms with van der Waals surface area (Å²) < 4.78 is 50.0. The van der Waals surface area contributed by atoms with Gasteiger partial charge in [0.15, 0.2) is 5.96 Å². The third-order valence-electron chi connectivity index (χ3n) is 4.87. The zero-order chi connectivity index (χ0) is 22.4. The maximum Gasteiger partial charge on any atom is 0.416 e. The van der Waals surface area contributed by atoms with Crippen LogP contribution in [0, 0.1) is 0 Å². The lowest BCUT2D eigenvalue weighted by molar-refractivity contribution is -0.137. The van der Waals surface area contributed by atoms with Crippen molar-refractivity contribution in [1.82, 2.24) is 15.5 Å². The van der Waals surface area contributed by atoms with Crippen LogP contribution >= 0.6 is 0 Å². The molecule has 0 aliphatic carbocycles. The lowest BCUT2D eigenvalue weighted by Gasteiger charge is -2.20. The Hall–Kier alpha value is -1.61. The van der Waals surface area contributed by atoms with Crippen LogP contribution in [-0.4, -0.2) is 57.8 Å². The second-order valence-electron chi connectivity index (χ2n) is 8.48. The van der Waals surface area contributed by atoms with Crippen molar-refractivity contribution in [2.75, 3.05) is 31.9 Å². The lowest BCUT2D eigenvalue weighted by atomic mass is 10.1. The monoisotopic (exact) mass is 446 g/mol. The molecule has 1 aliphatic rings. The van der Waals surface area contributed by atoms with E-state index in [0.29, 0.717) is 24.8 Å². The van der Waals surface area contributed by atoms with Gasteiger partial charge in [-0.05, 0) is 51.8 Å². The van der Waals surface area contributed by atoms with Crippen LogP contribution in [0.5, 0.6) is 0 Å². The molecular weight excluding hydrogens is 413 g/mol. The Kier molecular flexibility index (Phi) is 8.73. The maximum absolute atomic E-state index is 12.7. The van der Waals surface area contributed by atoms with Crippen molar-refractivity contribution in [3.63, 3.8) is 0 Å². The summed E-state index contributed by atoms with van der Waals surface area (Å²) in [5.74, 6) is 1.23. The van der Waals surface area contributed by atoms with E-state index in [9.17, 15) is 17.4 Å². The summed E-state index contributed by atoms with van der Waals surface area (Å²) in [6.07, 6.45) is -3.37. The minimum atomic E-state index is -4.30. The summed E-state index contributed by atoms with van der Waals surface area (Å²) in [4.78, 5) is 6.77. The van der Waals surface area contributed by atoms with Crippen LogP contribution in [0.25, 0.3) is 0 Å². The normalized spacial score (nSPS) is 19.7. The number of halogens is 3. The predicted octanol–water partition coefficient (Wildman–Crippen LogP) is 3.38. The zero-order valence-corrected chi connectivity index (χ0v) is 19.0. The maximum atomic E-state index is 12.7. The Labute approximate surface area is 180 Å². The molecule has 2 N–H and O–H groups in total. The SMILES string of the molecule is CCNC(=NCCS(=O)C(C)(C)C)NC1CCN(Cc2ccc(C(F)(F)F)cc2)C1. The summed E-state index contributed by atoms with van der Waals surface area (Å²) in [6, 6.07) is 5.58. The number of hydrogen-bond donors (Lipinski definition) is 2. The molecule has 0 bridgehead atoms. The molecule has 0 spiro atoms. The van der Waals surface area contributed by atoms with Crippen molar-refractivity contribution in [2.24, 2.45) is 4.99 Å². The third kappa shape index (κ3) is 7.91. The van der Waals surface area contributed by atoms with E-state index < -0.39 is 22.5 Å². The van der Waals surface area contributed by atoms with E-state index in [4.69, 9.17) is 0 Å². The highest BCUT2D eigenvalue weighted by Gasteiger charge is 2.30. The summed E-state index contributed by atoms with van der Waals surface area (Å²) in [6.45, 7) is 11.4. The molecule has 170 valence electrons. The number of hydrogen-bond acceptors (Lipinski definition) is 3. The highest BCUT2D eigenvalue weighted by molar-refractivity contribution is 7.86. The Morgan fingerprint density at radius 1 is 1.23 bits per heavy atom. The Balaban J connectivity index is 1.85. The molecule has 2 atom stereocenters. The van der Waals surface area contributed by atoms with E-state index in [2.05, 4.69) is 20.5 Å². The molecule has 9 heteroatoms. The number of nitrogens with one attached hydrogen (secondary N) is 2. The molecule has 2 unspecified atom stereocenters. The molecule has 0 aromatic heterocycles. The first kappa shape index (κ1) is 24.7. The quantitative estimate of drug-likeness (QED) is 0.498. The average molecular weight is 447 g/mol. The second kappa shape index (κ2) is 10.6. The van der Waals surface area contributed by atoms with Gasteiger partial charge in [-0.15, -0.1) is 0 Å². The minimum absolute atomic E-state index is 0.213. The first-order valence-corrected chi connectivity index (χ1v) is 11.6. The molecule has 30 heavy (non-hydrogen) atoms. The Morgan fingerprint density at radius 3 is 2.47 bits per heavy atom. The van der Waals surface area contributed by atoms with Crippen LogP contribution in [0.15, 0.2) is 29.3 Å². The van der Waals surface area contributed by atoms with Gasteiger partial charge in [-0.25, -0.2) is 0 Å². The molecule has 1 heterocycles. The predicted molar refractivity (Wildman–Crippen MR) is 117 cm³/mol. The van der Waals surface area contributed by atoms with Gasteiger partial charge in [0.2, 0.25) is 0 Å². The van der Waals surface area contributed by atoms with Gasteiger partial charge >= 0.3 is 6.18 Å². The van der Waals surface area contributed by atoms with Gasteiger partial charge in [0, 0.05) is 53.5 Å². The van der Waals surface area contributed by atoms with E-state index in [1.807, 2.05) is 27.7 Å². The highest BCUT2D eigenvalue weighted by atomic mass is 32.2. The van der Waals surface area contributed by atoms with Crippen molar-refractivity contribution in [1.29, 1.82) is 0 Å². The molecule has 2 rings (SSSR count). The minimum Gasteiger partial charge on any atom is -0.357 e. The zero-order valence-electron chi connectivity index (χ0n) is 18.2. The van der Waals surface area contributed by atoms with E-state index in [0.717, 1.165) is 43.8 Å². The van der Waals surface area contributed by atoms with Gasteiger partial charge in [0.05, 0.1) is 12.1 Å².